The van der Waals surface area contributed by atoms with E-state index in [0.29, 0.717) is 17.0 Å². The average molecular weight is 380 g/mol. The highest BCUT2D eigenvalue weighted by Gasteiger charge is 2.20. The lowest BCUT2D eigenvalue weighted by Crippen LogP contribution is -2.34. The van der Waals surface area contributed by atoms with Gasteiger partial charge in [0.2, 0.25) is 5.91 Å². The third-order valence-corrected chi connectivity index (χ3v) is 6.83. The highest BCUT2D eigenvalue weighted by atomic mass is 32.2. The van der Waals surface area contributed by atoms with Gasteiger partial charge in [0, 0.05) is 17.0 Å². The van der Waals surface area contributed by atoms with E-state index in [2.05, 4.69) is 5.32 Å². The number of nitrogens with one attached hydrogen (secondary N) is 1. The smallest absolute Gasteiger partial charge is 0.263 e. The normalized spacial score (nSPS) is 15.4. The predicted molar refractivity (Wildman–Crippen MR) is 105 cm³/mol. The molecular weight excluding hydrogens is 354 g/mol. The molecule has 2 heterocycles. The van der Waals surface area contributed by atoms with Gasteiger partial charge in [-0.1, -0.05) is 24.6 Å². The summed E-state index contributed by atoms with van der Waals surface area (Å²) in [6, 6.07) is 0.322. The number of aromatic nitrogens is 2. The van der Waals surface area contributed by atoms with Crippen molar-refractivity contribution in [3.8, 4) is 0 Å². The molecule has 3 rings (SSSR count). The summed E-state index contributed by atoms with van der Waals surface area (Å²) in [5.74, 6) is 0.324. The second kappa shape index (κ2) is 7.50. The van der Waals surface area contributed by atoms with Gasteiger partial charge in [0.05, 0.1) is 11.1 Å². The minimum absolute atomic E-state index is 0.000510. The van der Waals surface area contributed by atoms with Crippen LogP contribution in [0, 0.1) is 13.8 Å². The van der Waals surface area contributed by atoms with Gasteiger partial charge in [-0.15, -0.1) is 11.3 Å². The molecule has 0 radical (unpaired) electrons. The Bertz CT molecular complexity index is 848. The summed E-state index contributed by atoms with van der Waals surface area (Å²) in [6.07, 6.45) is 4.54. The van der Waals surface area contributed by atoms with Crippen molar-refractivity contribution in [1.29, 1.82) is 0 Å². The van der Waals surface area contributed by atoms with Gasteiger partial charge in [-0.05, 0) is 46.1 Å². The fourth-order valence-corrected chi connectivity index (χ4v) is 5.32. The zero-order valence-electron chi connectivity index (χ0n) is 15.2. The minimum atomic E-state index is 0.000510. The third kappa shape index (κ3) is 3.77. The number of carbonyl (C=O) groups is 1. The molecule has 2 aromatic rings. The van der Waals surface area contributed by atoms with E-state index in [9.17, 15) is 9.59 Å². The van der Waals surface area contributed by atoms with Crippen LogP contribution < -0.4 is 10.9 Å². The van der Waals surface area contributed by atoms with E-state index in [1.54, 1.807) is 15.9 Å². The lowest BCUT2D eigenvalue weighted by Gasteiger charge is -2.16. The molecule has 0 aromatic carbocycles. The second-order valence-electron chi connectivity index (χ2n) is 6.96. The molecule has 0 spiro atoms. The molecule has 0 unspecified atom stereocenters. The first-order valence-corrected chi connectivity index (χ1v) is 10.6. The molecule has 5 nitrogen and oxygen atoms in total. The SMILES string of the molecule is Cc1sc2nc(SCC(=O)NC3CCCC3)n(C(C)C)c(=O)c2c1C. The first-order valence-electron chi connectivity index (χ1n) is 8.83. The first-order chi connectivity index (χ1) is 11.9. The van der Waals surface area contributed by atoms with Gasteiger partial charge >= 0.3 is 0 Å². The number of hydrogen-bond donors (Lipinski definition) is 1. The van der Waals surface area contributed by atoms with Gasteiger partial charge < -0.3 is 5.32 Å². The Labute approximate surface area is 156 Å². The third-order valence-electron chi connectivity index (χ3n) is 4.77. The monoisotopic (exact) mass is 379 g/mol. The molecule has 0 atom stereocenters. The summed E-state index contributed by atoms with van der Waals surface area (Å²) < 4.78 is 1.72. The number of amides is 1. The van der Waals surface area contributed by atoms with Crippen molar-refractivity contribution in [1.82, 2.24) is 14.9 Å². The molecule has 7 heteroatoms. The van der Waals surface area contributed by atoms with Crippen LogP contribution in [0.2, 0.25) is 0 Å². The van der Waals surface area contributed by atoms with Crippen LogP contribution in [0.3, 0.4) is 0 Å². The summed E-state index contributed by atoms with van der Waals surface area (Å²) in [4.78, 5) is 31.8. The number of thioether (sulfide) groups is 1. The minimum Gasteiger partial charge on any atom is -0.353 e. The number of carbonyl (C=O) groups excluding carboxylic acids is 1. The van der Waals surface area contributed by atoms with Gasteiger partial charge in [-0.2, -0.15) is 0 Å². The highest BCUT2D eigenvalue weighted by Crippen LogP contribution is 2.29. The van der Waals surface area contributed by atoms with E-state index in [-0.39, 0.29) is 17.5 Å². The van der Waals surface area contributed by atoms with Crippen LogP contribution in [0.4, 0.5) is 0 Å². The number of hydrogen-bond acceptors (Lipinski definition) is 5. The zero-order valence-corrected chi connectivity index (χ0v) is 16.9. The van der Waals surface area contributed by atoms with Crippen LogP contribution in [0.15, 0.2) is 9.95 Å². The van der Waals surface area contributed by atoms with Crippen molar-refractivity contribution in [2.45, 2.75) is 70.6 Å². The highest BCUT2D eigenvalue weighted by molar-refractivity contribution is 7.99. The van der Waals surface area contributed by atoms with Crippen LogP contribution in [0.1, 0.15) is 56.0 Å². The van der Waals surface area contributed by atoms with Crippen LogP contribution in [-0.4, -0.2) is 27.3 Å². The number of rotatable bonds is 5. The van der Waals surface area contributed by atoms with Crippen molar-refractivity contribution in [3.05, 3.63) is 20.8 Å². The van der Waals surface area contributed by atoms with Crippen LogP contribution in [0.25, 0.3) is 10.2 Å². The molecular formula is C18H25N3O2S2. The van der Waals surface area contributed by atoms with E-state index in [0.717, 1.165) is 33.5 Å². The van der Waals surface area contributed by atoms with E-state index in [4.69, 9.17) is 4.98 Å². The second-order valence-corrected chi connectivity index (χ2v) is 9.11. The summed E-state index contributed by atoms with van der Waals surface area (Å²) in [5, 5.41) is 4.44. The summed E-state index contributed by atoms with van der Waals surface area (Å²) in [5.41, 5.74) is 1.02. The van der Waals surface area contributed by atoms with E-state index in [1.807, 2.05) is 27.7 Å². The Kier molecular flexibility index (Phi) is 5.53. The standard InChI is InChI=1S/C18H25N3O2S2/c1-10(2)21-17(23)15-11(3)12(4)25-16(15)20-18(21)24-9-14(22)19-13-7-5-6-8-13/h10,13H,5-9H2,1-4H3,(H,19,22). The topological polar surface area (TPSA) is 64.0 Å². The maximum atomic E-state index is 13.0. The molecule has 0 bridgehead atoms. The molecule has 1 fully saturated rings. The Morgan fingerprint density at radius 3 is 2.68 bits per heavy atom. The van der Waals surface area contributed by atoms with Crippen LogP contribution in [0.5, 0.6) is 0 Å². The molecule has 1 saturated carbocycles. The van der Waals surface area contributed by atoms with Crippen molar-refractivity contribution >= 4 is 39.2 Å². The van der Waals surface area contributed by atoms with Gasteiger partial charge in [-0.25, -0.2) is 4.98 Å². The average Bonchev–Trinajstić information content (AvgIpc) is 3.13. The Morgan fingerprint density at radius 1 is 1.36 bits per heavy atom. The van der Waals surface area contributed by atoms with Crippen molar-refractivity contribution in [2.75, 3.05) is 5.75 Å². The lowest BCUT2D eigenvalue weighted by molar-refractivity contribution is -0.119. The lowest BCUT2D eigenvalue weighted by atomic mass is 10.2. The maximum Gasteiger partial charge on any atom is 0.263 e. The van der Waals surface area contributed by atoms with Crippen molar-refractivity contribution in [2.24, 2.45) is 0 Å². The predicted octanol–water partition coefficient (Wildman–Crippen LogP) is 3.81. The van der Waals surface area contributed by atoms with E-state index < -0.39 is 0 Å². The zero-order chi connectivity index (χ0) is 18.1. The molecule has 1 N–H and O–H groups in total. The molecule has 0 aliphatic heterocycles. The fraction of sp³-hybridized carbons (Fsp3) is 0.611. The molecule has 136 valence electrons. The number of aryl methyl sites for hydroxylation is 2. The van der Waals surface area contributed by atoms with Gasteiger partial charge in [0.1, 0.15) is 4.83 Å². The Hall–Kier alpha value is -1.34. The number of thiophene rings is 1. The fourth-order valence-electron chi connectivity index (χ4n) is 3.31. The largest absolute Gasteiger partial charge is 0.353 e. The first kappa shape index (κ1) is 18.5. The number of fused-ring (bicyclic) bond motifs is 1. The summed E-state index contributed by atoms with van der Waals surface area (Å²) in [6.45, 7) is 7.95. The van der Waals surface area contributed by atoms with Crippen LogP contribution >= 0.6 is 23.1 Å². The molecule has 1 amide bonds. The van der Waals surface area contributed by atoms with Gasteiger partial charge in [0.25, 0.3) is 5.56 Å². The summed E-state index contributed by atoms with van der Waals surface area (Å²) >= 11 is 2.91. The van der Waals surface area contributed by atoms with Gasteiger partial charge in [-0.3, -0.25) is 14.2 Å². The molecule has 0 saturated heterocycles. The quantitative estimate of drug-likeness (QED) is 0.634. The molecule has 2 aromatic heterocycles. The Morgan fingerprint density at radius 2 is 2.04 bits per heavy atom. The van der Waals surface area contributed by atoms with E-state index >= 15 is 0 Å². The van der Waals surface area contributed by atoms with E-state index in [1.165, 1.54) is 24.6 Å². The van der Waals surface area contributed by atoms with Crippen molar-refractivity contribution in [3.63, 3.8) is 0 Å². The van der Waals surface area contributed by atoms with Crippen molar-refractivity contribution < 1.29 is 4.79 Å². The van der Waals surface area contributed by atoms with Gasteiger partial charge in [0.15, 0.2) is 5.16 Å². The Balaban J connectivity index is 1.85. The molecule has 25 heavy (non-hydrogen) atoms. The molecule has 1 aliphatic rings. The maximum absolute atomic E-state index is 13.0. The molecule has 1 aliphatic carbocycles. The summed E-state index contributed by atoms with van der Waals surface area (Å²) in [7, 11) is 0. The van der Waals surface area contributed by atoms with Crippen LogP contribution in [-0.2, 0) is 4.79 Å². The number of nitrogens with zero attached hydrogens (tertiary/aromatic N) is 2.